The van der Waals surface area contributed by atoms with Gasteiger partial charge in [-0.3, -0.25) is 5.43 Å². The molecule has 0 aromatic heterocycles. The van der Waals surface area contributed by atoms with E-state index in [9.17, 15) is 4.79 Å². The van der Waals surface area contributed by atoms with Gasteiger partial charge >= 0.3 is 5.97 Å². The lowest BCUT2D eigenvalue weighted by molar-refractivity contribution is -0.129. The van der Waals surface area contributed by atoms with Gasteiger partial charge in [0.25, 0.3) is 0 Å². The molecule has 6 heteroatoms. The maximum Gasteiger partial charge on any atom is 0.352 e. The van der Waals surface area contributed by atoms with E-state index in [1.165, 1.54) is 0 Å². The summed E-state index contributed by atoms with van der Waals surface area (Å²) in [5.41, 5.74) is 3.41. The fourth-order valence-corrected chi connectivity index (χ4v) is 1.47. The number of carbonyl (C=O) groups is 1. The highest BCUT2D eigenvalue weighted by Crippen LogP contribution is 2.25. The highest BCUT2D eigenvalue weighted by Gasteiger charge is 2.06. The monoisotopic (exact) mass is 304 g/mol. The van der Waals surface area contributed by atoms with Gasteiger partial charge in [0, 0.05) is 4.47 Å². The van der Waals surface area contributed by atoms with Crippen molar-refractivity contribution < 1.29 is 9.90 Å². The molecule has 0 amide bonds. The van der Waals surface area contributed by atoms with Crippen LogP contribution in [-0.4, -0.2) is 16.8 Å². The molecule has 0 atom stereocenters. The van der Waals surface area contributed by atoms with Gasteiger partial charge in [-0.25, -0.2) is 4.79 Å². The van der Waals surface area contributed by atoms with Gasteiger partial charge in [0.1, 0.15) is 5.71 Å². The Bertz CT molecular complexity index is 435. The van der Waals surface area contributed by atoms with E-state index in [2.05, 4.69) is 26.5 Å². The summed E-state index contributed by atoms with van der Waals surface area (Å²) in [5.74, 6) is -1.02. The van der Waals surface area contributed by atoms with Crippen LogP contribution < -0.4 is 5.43 Å². The van der Waals surface area contributed by atoms with Crippen LogP contribution in [0, 0.1) is 0 Å². The van der Waals surface area contributed by atoms with Crippen molar-refractivity contribution in [2.75, 3.05) is 5.43 Å². The summed E-state index contributed by atoms with van der Waals surface area (Å²) in [6.07, 6.45) is 0.358. The summed E-state index contributed by atoms with van der Waals surface area (Å²) in [6, 6.07) is 5.13. The number of rotatable bonds is 4. The predicted molar refractivity (Wildman–Crippen MR) is 68.1 cm³/mol. The predicted octanol–water partition coefficient (Wildman–Crippen LogP) is 3.37. The van der Waals surface area contributed by atoms with Gasteiger partial charge in [-0.05, 0) is 40.5 Å². The second kappa shape index (κ2) is 5.86. The van der Waals surface area contributed by atoms with Crippen LogP contribution in [0.15, 0.2) is 27.8 Å². The van der Waals surface area contributed by atoms with Gasteiger partial charge in [0.05, 0.1) is 10.7 Å². The second-order valence-corrected chi connectivity index (χ2v) is 4.22. The zero-order valence-corrected chi connectivity index (χ0v) is 10.8. The Balaban J connectivity index is 2.81. The Morgan fingerprint density at radius 1 is 1.62 bits per heavy atom. The molecular formula is C10H10BrClN2O2. The van der Waals surface area contributed by atoms with Crippen molar-refractivity contribution in [2.24, 2.45) is 5.10 Å². The van der Waals surface area contributed by atoms with E-state index in [0.717, 1.165) is 4.47 Å². The molecule has 0 saturated heterocycles. The molecule has 1 rings (SSSR count). The molecule has 0 radical (unpaired) electrons. The second-order valence-electron chi connectivity index (χ2n) is 2.96. The van der Waals surface area contributed by atoms with Crippen molar-refractivity contribution in [1.29, 1.82) is 0 Å². The van der Waals surface area contributed by atoms with Crippen LogP contribution in [0.25, 0.3) is 0 Å². The molecule has 1 aromatic carbocycles. The van der Waals surface area contributed by atoms with Crippen molar-refractivity contribution in [3.8, 4) is 0 Å². The number of hydrazone groups is 1. The van der Waals surface area contributed by atoms with Crippen LogP contribution in [0.4, 0.5) is 5.69 Å². The number of carboxylic acid groups (broad SMARTS) is 1. The number of halogens is 2. The topological polar surface area (TPSA) is 61.7 Å². The van der Waals surface area contributed by atoms with E-state index in [1.807, 2.05) is 0 Å². The van der Waals surface area contributed by atoms with Crippen LogP contribution >= 0.6 is 27.5 Å². The summed E-state index contributed by atoms with van der Waals surface area (Å²) in [7, 11) is 0. The Morgan fingerprint density at radius 2 is 2.31 bits per heavy atom. The summed E-state index contributed by atoms with van der Waals surface area (Å²) in [6.45, 7) is 1.73. The molecule has 1 aromatic rings. The summed E-state index contributed by atoms with van der Waals surface area (Å²) in [5, 5.41) is 13.1. The molecule has 0 aliphatic heterocycles. The lowest BCUT2D eigenvalue weighted by Gasteiger charge is -2.03. The molecule has 86 valence electrons. The number of nitrogens with one attached hydrogen (secondary N) is 1. The minimum Gasteiger partial charge on any atom is -0.477 e. The fraction of sp³-hybridized carbons (Fsp3) is 0.200. The lowest BCUT2D eigenvalue weighted by atomic mass is 10.3. The molecule has 4 nitrogen and oxygen atoms in total. The van der Waals surface area contributed by atoms with Gasteiger partial charge in [0.15, 0.2) is 0 Å². The molecule has 0 aliphatic rings. The molecular weight excluding hydrogens is 295 g/mol. The fourth-order valence-electron chi connectivity index (χ4n) is 0.976. The average molecular weight is 306 g/mol. The van der Waals surface area contributed by atoms with Crippen molar-refractivity contribution in [3.05, 3.63) is 27.7 Å². The molecule has 2 N–H and O–H groups in total. The van der Waals surface area contributed by atoms with E-state index in [1.54, 1.807) is 25.1 Å². The quantitative estimate of drug-likeness (QED) is 0.662. The van der Waals surface area contributed by atoms with E-state index < -0.39 is 5.97 Å². The van der Waals surface area contributed by atoms with Crippen molar-refractivity contribution in [3.63, 3.8) is 0 Å². The normalized spacial score (nSPS) is 11.3. The van der Waals surface area contributed by atoms with Crippen LogP contribution in [0.5, 0.6) is 0 Å². The lowest BCUT2D eigenvalue weighted by Crippen LogP contribution is -2.13. The smallest absolute Gasteiger partial charge is 0.352 e. The van der Waals surface area contributed by atoms with Crippen LogP contribution in [0.1, 0.15) is 13.3 Å². The number of hydrogen-bond acceptors (Lipinski definition) is 3. The molecule has 0 fully saturated rings. The summed E-state index contributed by atoms with van der Waals surface area (Å²) < 4.78 is 0.725. The molecule has 0 saturated carbocycles. The van der Waals surface area contributed by atoms with Crippen LogP contribution in [-0.2, 0) is 4.79 Å². The maximum absolute atomic E-state index is 10.7. The minimum absolute atomic E-state index is 0.0751. The molecule has 0 spiro atoms. The Labute approximate surface area is 106 Å². The number of hydrogen-bond donors (Lipinski definition) is 2. The van der Waals surface area contributed by atoms with Crippen LogP contribution in [0.3, 0.4) is 0 Å². The van der Waals surface area contributed by atoms with Crippen molar-refractivity contribution >= 4 is 44.9 Å². The Hall–Kier alpha value is -1.07. The van der Waals surface area contributed by atoms with Gasteiger partial charge in [-0.2, -0.15) is 5.10 Å². The number of aliphatic carboxylic acids is 1. The minimum atomic E-state index is -1.02. The van der Waals surface area contributed by atoms with Gasteiger partial charge < -0.3 is 5.11 Å². The molecule has 16 heavy (non-hydrogen) atoms. The molecule has 0 heterocycles. The first-order valence-electron chi connectivity index (χ1n) is 4.55. The van der Waals surface area contributed by atoms with E-state index >= 15 is 0 Å². The SMILES string of the molecule is CC/C(=N\Nc1ccc(Cl)c(Br)c1)C(=O)O. The third-order valence-corrected chi connectivity index (χ3v) is 3.04. The Kier molecular flexibility index (Phi) is 4.76. The molecule has 0 aliphatic carbocycles. The zero-order valence-electron chi connectivity index (χ0n) is 8.50. The first-order chi connectivity index (χ1) is 7.54. The zero-order chi connectivity index (χ0) is 12.1. The maximum atomic E-state index is 10.7. The average Bonchev–Trinajstić information content (AvgIpc) is 2.23. The molecule has 0 unspecified atom stereocenters. The van der Waals surface area contributed by atoms with E-state index in [4.69, 9.17) is 16.7 Å². The first-order valence-corrected chi connectivity index (χ1v) is 5.72. The third-order valence-electron chi connectivity index (χ3n) is 1.82. The Morgan fingerprint density at radius 3 is 2.81 bits per heavy atom. The number of anilines is 1. The van der Waals surface area contributed by atoms with Crippen molar-refractivity contribution in [2.45, 2.75) is 13.3 Å². The highest BCUT2D eigenvalue weighted by atomic mass is 79.9. The number of carboxylic acids is 1. The van der Waals surface area contributed by atoms with Crippen LogP contribution in [0.2, 0.25) is 5.02 Å². The number of nitrogens with zero attached hydrogens (tertiary/aromatic N) is 1. The van der Waals surface area contributed by atoms with E-state index in [0.29, 0.717) is 17.1 Å². The van der Waals surface area contributed by atoms with Gasteiger partial charge in [-0.1, -0.05) is 18.5 Å². The van der Waals surface area contributed by atoms with Crippen molar-refractivity contribution in [1.82, 2.24) is 0 Å². The molecule has 0 bridgehead atoms. The third kappa shape index (κ3) is 3.50. The first kappa shape index (κ1) is 13.0. The van der Waals surface area contributed by atoms with E-state index in [-0.39, 0.29) is 5.71 Å². The summed E-state index contributed by atoms with van der Waals surface area (Å²) >= 11 is 9.08. The standard InChI is InChI=1S/C10H10BrClN2O2/c1-2-9(10(15)16)14-13-6-3-4-8(12)7(11)5-6/h3-5,13H,2H2,1H3,(H,15,16)/b14-9+. The number of benzene rings is 1. The summed E-state index contributed by atoms with van der Waals surface area (Å²) in [4.78, 5) is 10.7. The largest absolute Gasteiger partial charge is 0.477 e. The van der Waals surface area contributed by atoms with Gasteiger partial charge in [0.2, 0.25) is 0 Å². The highest BCUT2D eigenvalue weighted by molar-refractivity contribution is 9.10. The van der Waals surface area contributed by atoms with Gasteiger partial charge in [-0.15, -0.1) is 0 Å².